The zero-order chi connectivity index (χ0) is 22.0. The molecule has 1 saturated heterocycles. The van der Waals surface area contributed by atoms with Gasteiger partial charge in [0.05, 0.1) is 12.6 Å². The van der Waals surface area contributed by atoms with E-state index in [0.717, 1.165) is 6.42 Å². The fraction of sp³-hybridized carbons (Fsp3) is 0.722. The highest BCUT2D eigenvalue weighted by Crippen LogP contribution is 2.07. The summed E-state index contributed by atoms with van der Waals surface area (Å²) in [4.78, 5) is 58.9. The lowest BCUT2D eigenvalue weighted by Gasteiger charge is -2.21. The van der Waals surface area contributed by atoms with Gasteiger partial charge in [0.15, 0.2) is 0 Å². The van der Waals surface area contributed by atoms with Gasteiger partial charge in [0.2, 0.25) is 23.6 Å². The number of nitrogens with two attached hydrogens (primary N) is 1. The number of carboxylic acid groups (broad SMARTS) is 1. The van der Waals surface area contributed by atoms with E-state index in [1.54, 1.807) is 0 Å². The topological polar surface area (TPSA) is 180 Å². The van der Waals surface area contributed by atoms with Gasteiger partial charge in [-0.15, -0.1) is 0 Å². The molecule has 3 atom stereocenters. The van der Waals surface area contributed by atoms with Crippen LogP contribution in [-0.4, -0.2) is 65.9 Å². The van der Waals surface area contributed by atoms with Crippen molar-refractivity contribution in [2.24, 2.45) is 11.7 Å². The molecule has 0 aromatic rings. The van der Waals surface area contributed by atoms with Crippen LogP contribution in [0.2, 0.25) is 0 Å². The number of nitrogens with one attached hydrogen (secondary N) is 4. The van der Waals surface area contributed by atoms with E-state index in [0.29, 0.717) is 13.0 Å². The maximum atomic E-state index is 12.4. The van der Waals surface area contributed by atoms with Crippen molar-refractivity contribution >= 4 is 29.6 Å². The SMILES string of the molecule is CC(C)CC(NC(=O)CNC(=O)C(CCC(N)=O)NC(=O)C1CCCN1)C(=O)O. The van der Waals surface area contributed by atoms with Crippen LogP contribution >= 0.6 is 0 Å². The smallest absolute Gasteiger partial charge is 0.326 e. The summed E-state index contributed by atoms with van der Waals surface area (Å²) in [6.07, 6.45) is 1.62. The maximum Gasteiger partial charge on any atom is 0.326 e. The van der Waals surface area contributed by atoms with Gasteiger partial charge in [-0.2, -0.15) is 0 Å². The Bertz CT molecular complexity index is 618. The fourth-order valence-electron chi connectivity index (χ4n) is 2.96. The molecule has 0 aromatic heterocycles. The van der Waals surface area contributed by atoms with Gasteiger partial charge in [-0.05, 0) is 38.1 Å². The molecule has 0 aromatic carbocycles. The summed E-state index contributed by atoms with van der Waals surface area (Å²) in [5.41, 5.74) is 5.12. The summed E-state index contributed by atoms with van der Waals surface area (Å²) in [7, 11) is 0. The predicted molar refractivity (Wildman–Crippen MR) is 103 cm³/mol. The molecule has 1 aliphatic rings. The first-order chi connectivity index (χ1) is 13.6. The molecule has 4 amide bonds. The van der Waals surface area contributed by atoms with Gasteiger partial charge < -0.3 is 32.1 Å². The second kappa shape index (κ2) is 12.0. The molecular weight excluding hydrogens is 382 g/mol. The van der Waals surface area contributed by atoms with Crippen LogP contribution in [0.4, 0.5) is 0 Å². The van der Waals surface area contributed by atoms with Crippen molar-refractivity contribution in [1.29, 1.82) is 0 Å². The minimum Gasteiger partial charge on any atom is -0.480 e. The molecule has 0 spiro atoms. The van der Waals surface area contributed by atoms with E-state index in [4.69, 9.17) is 10.8 Å². The Morgan fingerprint density at radius 3 is 2.34 bits per heavy atom. The van der Waals surface area contributed by atoms with Crippen LogP contribution < -0.4 is 27.0 Å². The van der Waals surface area contributed by atoms with E-state index < -0.39 is 48.4 Å². The lowest BCUT2D eigenvalue weighted by atomic mass is 10.0. The summed E-state index contributed by atoms with van der Waals surface area (Å²) >= 11 is 0. The normalized spacial score (nSPS) is 18.0. The third-order valence-corrected chi connectivity index (χ3v) is 4.45. The average Bonchev–Trinajstić information content (AvgIpc) is 3.16. The van der Waals surface area contributed by atoms with Crippen LogP contribution in [0, 0.1) is 5.92 Å². The van der Waals surface area contributed by atoms with Crippen molar-refractivity contribution in [1.82, 2.24) is 21.3 Å². The van der Waals surface area contributed by atoms with Crippen molar-refractivity contribution in [3.8, 4) is 0 Å². The Labute approximate surface area is 169 Å². The predicted octanol–water partition coefficient (Wildman–Crippen LogP) is -1.78. The van der Waals surface area contributed by atoms with E-state index in [9.17, 15) is 24.0 Å². The number of rotatable bonds is 12. The molecule has 11 nitrogen and oxygen atoms in total. The number of hydrogen-bond acceptors (Lipinski definition) is 6. The molecule has 7 N–H and O–H groups in total. The lowest BCUT2D eigenvalue weighted by Crippen LogP contribution is -2.53. The quantitative estimate of drug-likeness (QED) is 0.219. The van der Waals surface area contributed by atoms with Crippen LogP contribution in [-0.2, 0) is 24.0 Å². The molecule has 1 aliphatic heterocycles. The zero-order valence-electron chi connectivity index (χ0n) is 16.8. The van der Waals surface area contributed by atoms with Crippen molar-refractivity contribution in [2.75, 3.05) is 13.1 Å². The fourth-order valence-corrected chi connectivity index (χ4v) is 2.96. The van der Waals surface area contributed by atoms with E-state index in [1.807, 2.05) is 13.8 Å². The largest absolute Gasteiger partial charge is 0.480 e. The van der Waals surface area contributed by atoms with Gasteiger partial charge in [0.1, 0.15) is 12.1 Å². The number of carboxylic acids is 1. The minimum absolute atomic E-state index is 0.00759. The van der Waals surface area contributed by atoms with Crippen LogP contribution in [0.15, 0.2) is 0 Å². The van der Waals surface area contributed by atoms with E-state index >= 15 is 0 Å². The summed E-state index contributed by atoms with van der Waals surface area (Å²) in [6, 6.07) is -2.50. The first kappa shape index (κ1) is 24.3. The maximum absolute atomic E-state index is 12.4. The number of amides is 4. The number of carbonyl (C=O) groups is 5. The minimum atomic E-state index is -1.16. The number of carbonyl (C=O) groups excluding carboxylic acids is 4. The van der Waals surface area contributed by atoms with Gasteiger partial charge in [0, 0.05) is 6.42 Å². The Kier molecular flexibility index (Phi) is 10.1. The van der Waals surface area contributed by atoms with Crippen LogP contribution in [0.3, 0.4) is 0 Å². The summed E-state index contributed by atoms with van der Waals surface area (Å²) in [5, 5.41) is 19.5. The second-order valence-electron chi connectivity index (χ2n) is 7.52. The molecule has 29 heavy (non-hydrogen) atoms. The van der Waals surface area contributed by atoms with Gasteiger partial charge in [0.25, 0.3) is 0 Å². The third-order valence-electron chi connectivity index (χ3n) is 4.45. The van der Waals surface area contributed by atoms with Gasteiger partial charge in [-0.25, -0.2) is 4.79 Å². The third kappa shape index (κ3) is 9.37. The highest BCUT2D eigenvalue weighted by Gasteiger charge is 2.28. The first-order valence-corrected chi connectivity index (χ1v) is 9.72. The molecule has 0 aliphatic carbocycles. The van der Waals surface area contributed by atoms with Crippen molar-refractivity contribution in [3.05, 3.63) is 0 Å². The van der Waals surface area contributed by atoms with Crippen molar-refractivity contribution in [2.45, 2.75) is 64.1 Å². The number of primary amides is 1. The molecule has 164 valence electrons. The van der Waals surface area contributed by atoms with Gasteiger partial charge in [-0.3, -0.25) is 19.2 Å². The summed E-state index contributed by atoms with van der Waals surface area (Å²) in [5.74, 6) is -3.39. The Balaban J connectivity index is 2.60. The van der Waals surface area contributed by atoms with Gasteiger partial charge in [-0.1, -0.05) is 13.8 Å². The summed E-state index contributed by atoms with van der Waals surface area (Å²) < 4.78 is 0. The average molecular weight is 413 g/mol. The first-order valence-electron chi connectivity index (χ1n) is 9.72. The molecule has 1 heterocycles. The molecule has 0 bridgehead atoms. The zero-order valence-corrected chi connectivity index (χ0v) is 16.8. The highest BCUT2D eigenvalue weighted by atomic mass is 16.4. The molecule has 0 saturated carbocycles. The molecular formula is C18H31N5O6. The highest BCUT2D eigenvalue weighted by molar-refractivity contribution is 5.93. The molecule has 3 unspecified atom stereocenters. The van der Waals surface area contributed by atoms with Crippen molar-refractivity contribution < 1.29 is 29.1 Å². The molecule has 1 rings (SSSR count). The van der Waals surface area contributed by atoms with Gasteiger partial charge >= 0.3 is 5.97 Å². The summed E-state index contributed by atoms with van der Waals surface area (Å²) in [6.45, 7) is 3.91. The monoisotopic (exact) mass is 413 g/mol. The number of hydrogen-bond donors (Lipinski definition) is 6. The van der Waals surface area contributed by atoms with Crippen LogP contribution in [0.25, 0.3) is 0 Å². The Hall–Kier alpha value is -2.69. The molecule has 11 heteroatoms. The molecule has 1 fully saturated rings. The lowest BCUT2D eigenvalue weighted by molar-refractivity contribution is -0.142. The van der Waals surface area contributed by atoms with Crippen LogP contribution in [0.1, 0.15) is 46.0 Å². The van der Waals surface area contributed by atoms with E-state index in [-0.39, 0.29) is 31.1 Å². The van der Waals surface area contributed by atoms with E-state index in [1.165, 1.54) is 0 Å². The molecule has 0 radical (unpaired) electrons. The number of aliphatic carboxylic acids is 1. The Morgan fingerprint density at radius 2 is 1.83 bits per heavy atom. The van der Waals surface area contributed by atoms with E-state index in [2.05, 4.69) is 21.3 Å². The van der Waals surface area contributed by atoms with Crippen LogP contribution in [0.5, 0.6) is 0 Å². The van der Waals surface area contributed by atoms with Crippen molar-refractivity contribution in [3.63, 3.8) is 0 Å². The second-order valence-corrected chi connectivity index (χ2v) is 7.52. The Morgan fingerprint density at radius 1 is 1.14 bits per heavy atom. The standard InChI is InChI=1S/C18H31N5O6/c1-10(2)8-13(18(28)29)22-15(25)9-21-16(26)12(5-6-14(19)24)23-17(27)11-4-3-7-20-11/h10-13,20H,3-9H2,1-2H3,(H2,19,24)(H,21,26)(H,22,25)(H,23,27)(H,28,29).